The lowest BCUT2D eigenvalue weighted by Gasteiger charge is -2.10. The van der Waals surface area contributed by atoms with E-state index in [1.54, 1.807) is 0 Å². The Balaban J connectivity index is 2.52. The second-order valence-electron chi connectivity index (χ2n) is 4.91. The van der Waals surface area contributed by atoms with Crippen molar-refractivity contribution in [3.05, 3.63) is 47.5 Å². The topological polar surface area (TPSA) is 166 Å². The lowest BCUT2D eigenvalue weighted by molar-refractivity contribution is 0.440. The molecule has 144 valence electrons. The predicted molar refractivity (Wildman–Crippen MR) is 95.2 cm³/mol. The highest BCUT2D eigenvalue weighted by molar-refractivity contribution is 7.86. The van der Waals surface area contributed by atoms with Gasteiger partial charge in [0.25, 0.3) is 16.4 Å². The van der Waals surface area contributed by atoms with Gasteiger partial charge in [-0.3, -0.25) is 4.55 Å². The Morgan fingerprint density at radius 1 is 1.18 bits per heavy atom. The minimum Gasteiger partial charge on any atom is -0.740 e. The maximum absolute atomic E-state index is 11.6. The molecule has 28 heavy (non-hydrogen) atoms. The van der Waals surface area contributed by atoms with E-state index in [2.05, 4.69) is 13.9 Å². The maximum atomic E-state index is 11.6. The molecule has 12 heteroatoms. The van der Waals surface area contributed by atoms with Gasteiger partial charge in [-0.25, -0.2) is 9.00 Å². The molecule has 1 atom stereocenters. The van der Waals surface area contributed by atoms with Crippen LogP contribution >= 0.6 is 0 Å². The molecule has 0 amide bonds. The molecule has 0 aliphatic rings. The van der Waals surface area contributed by atoms with Crippen LogP contribution in [0, 0.1) is 11.5 Å². The van der Waals surface area contributed by atoms with Crippen molar-refractivity contribution in [2.75, 3.05) is 0 Å². The van der Waals surface area contributed by atoms with Crippen LogP contribution in [0.25, 0.3) is 12.2 Å². The van der Waals surface area contributed by atoms with Crippen molar-refractivity contribution in [2.45, 2.75) is 4.90 Å². The number of nitriles is 1. The molecule has 1 N–H and O–H groups in total. The summed E-state index contributed by atoms with van der Waals surface area (Å²) in [5.41, 5.74) is 0.314. The lowest BCUT2D eigenvalue weighted by Crippen LogP contribution is -2.01. The third kappa shape index (κ3) is 5.58. The second kappa shape index (κ2) is 9.05. The molecule has 0 heterocycles. The molecule has 2 aromatic rings. The van der Waals surface area contributed by atoms with Gasteiger partial charge in [-0.05, 0) is 29.8 Å². The van der Waals surface area contributed by atoms with E-state index in [9.17, 15) is 26.5 Å². The van der Waals surface area contributed by atoms with Crippen LogP contribution in [0.5, 0.6) is 11.5 Å². The number of benzene rings is 2. The van der Waals surface area contributed by atoms with E-state index < -0.39 is 26.4 Å². The SMILES string of the molecule is N#COc1ccc(/C=C/c2ccc(N=C=O)cc2OS(=O)[O-])c(S(=O)(=O)O)c1. The quantitative estimate of drug-likeness (QED) is 0.176. The maximum Gasteiger partial charge on any atom is 0.295 e. The van der Waals surface area contributed by atoms with E-state index in [4.69, 9.17) is 5.26 Å². The summed E-state index contributed by atoms with van der Waals surface area (Å²) in [6, 6.07) is 7.42. The van der Waals surface area contributed by atoms with E-state index >= 15 is 0 Å². The highest BCUT2D eigenvalue weighted by Crippen LogP contribution is 2.29. The first kappa shape index (κ1) is 21.0. The molecule has 0 saturated carbocycles. The zero-order valence-corrected chi connectivity index (χ0v) is 15.3. The van der Waals surface area contributed by atoms with Crippen molar-refractivity contribution in [3.8, 4) is 17.8 Å². The average molecular weight is 421 g/mol. The molecule has 1 unspecified atom stereocenters. The molecule has 2 aromatic carbocycles. The third-order valence-corrected chi connectivity index (χ3v) is 4.42. The molecule has 0 saturated heterocycles. The number of nitrogens with zero attached hydrogens (tertiary/aromatic N) is 2. The van der Waals surface area contributed by atoms with E-state index in [1.165, 1.54) is 48.8 Å². The van der Waals surface area contributed by atoms with Gasteiger partial charge >= 0.3 is 0 Å². The van der Waals surface area contributed by atoms with Gasteiger partial charge in [0, 0.05) is 17.7 Å². The second-order valence-corrected chi connectivity index (χ2v) is 6.88. The number of hydrogen-bond acceptors (Lipinski definition) is 9. The fraction of sp³-hybridized carbons (Fsp3) is 0. The summed E-state index contributed by atoms with van der Waals surface area (Å²) >= 11 is -2.92. The molecule has 0 radical (unpaired) electrons. The monoisotopic (exact) mass is 421 g/mol. The van der Waals surface area contributed by atoms with Crippen molar-refractivity contribution in [1.82, 2.24) is 0 Å². The Kier molecular flexibility index (Phi) is 6.78. The minimum atomic E-state index is -4.65. The van der Waals surface area contributed by atoms with Crippen LogP contribution in [0.4, 0.5) is 5.69 Å². The Bertz CT molecular complexity index is 1150. The van der Waals surface area contributed by atoms with Gasteiger partial charge in [0.2, 0.25) is 6.08 Å². The first-order valence-electron chi connectivity index (χ1n) is 7.09. The molecule has 0 aliphatic heterocycles. The lowest BCUT2D eigenvalue weighted by atomic mass is 10.1. The standard InChI is InChI=1S/C16H10N2O8S2/c17-9-25-14-6-4-12(16(8-14)28(22,23)24)2-1-11-3-5-13(18-10-19)7-15(11)26-27(20)21/h1-8H,(H,20,21)(H,22,23,24)/p-1/b2-1+. The van der Waals surface area contributed by atoms with Gasteiger partial charge in [0.05, 0.1) is 5.69 Å². The van der Waals surface area contributed by atoms with Crippen LogP contribution in [0.2, 0.25) is 0 Å². The van der Waals surface area contributed by atoms with Crippen molar-refractivity contribution < 1.29 is 35.4 Å². The Labute approximate surface area is 161 Å². The van der Waals surface area contributed by atoms with Gasteiger partial charge in [0.1, 0.15) is 27.8 Å². The largest absolute Gasteiger partial charge is 0.740 e. The van der Waals surface area contributed by atoms with Crippen LogP contribution in [-0.2, 0) is 26.3 Å². The van der Waals surface area contributed by atoms with Crippen molar-refractivity contribution >= 4 is 45.4 Å². The first-order chi connectivity index (χ1) is 13.2. The highest BCUT2D eigenvalue weighted by atomic mass is 32.2. The third-order valence-electron chi connectivity index (χ3n) is 3.20. The van der Waals surface area contributed by atoms with Gasteiger partial charge in [-0.2, -0.15) is 13.4 Å². The van der Waals surface area contributed by atoms with E-state index in [-0.39, 0.29) is 28.3 Å². The van der Waals surface area contributed by atoms with Crippen molar-refractivity contribution in [2.24, 2.45) is 4.99 Å². The normalized spacial score (nSPS) is 12.0. The Hall–Kier alpha value is -3.33. The van der Waals surface area contributed by atoms with Gasteiger partial charge in [-0.1, -0.05) is 12.2 Å². The molecular formula is C16H9N2O8S2-. The van der Waals surface area contributed by atoms with Gasteiger partial charge < -0.3 is 13.5 Å². The number of hydrogen-bond donors (Lipinski definition) is 1. The highest BCUT2D eigenvalue weighted by Gasteiger charge is 2.16. The molecular weight excluding hydrogens is 412 g/mol. The summed E-state index contributed by atoms with van der Waals surface area (Å²) in [4.78, 5) is 13.1. The average Bonchev–Trinajstić information content (AvgIpc) is 2.61. The summed E-state index contributed by atoms with van der Waals surface area (Å²) in [6.07, 6.45) is 5.25. The molecule has 0 bridgehead atoms. The summed E-state index contributed by atoms with van der Waals surface area (Å²) in [7, 11) is -4.65. The molecule has 10 nitrogen and oxygen atoms in total. The summed E-state index contributed by atoms with van der Waals surface area (Å²) in [5, 5.41) is 8.50. The Morgan fingerprint density at radius 2 is 1.86 bits per heavy atom. The molecule has 2 rings (SSSR count). The van der Waals surface area contributed by atoms with E-state index in [1.807, 2.05) is 0 Å². The van der Waals surface area contributed by atoms with Crippen LogP contribution in [0.1, 0.15) is 11.1 Å². The van der Waals surface area contributed by atoms with E-state index in [0.29, 0.717) is 0 Å². The Morgan fingerprint density at radius 3 is 2.46 bits per heavy atom. The molecule has 0 fully saturated rings. The van der Waals surface area contributed by atoms with Crippen molar-refractivity contribution in [1.29, 1.82) is 5.26 Å². The number of isocyanates is 1. The zero-order chi connectivity index (χ0) is 20.7. The molecule has 0 aromatic heterocycles. The van der Waals surface area contributed by atoms with Crippen LogP contribution < -0.4 is 8.92 Å². The van der Waals surface area contributed by atoms with Gasteiger partial charge in [-0.15, -0.1) is 5.26 Å². The van der Waals surface area contributed by atoms with Gasteiger partial charge in [0.15, 0.2) is 0 Å². The van der Waals surface area contributed by atoms with Crippen molar-refractivity contribution in [3.63, 3.8) is 0 Å². The summed E-state index contributed by atoms with van der Waals surface area (Å²) in [6.45, 7) is 0. The van der Waals surface area contributed by atoms with E-state index in [0.717, 1.165) is 12.1 Å². The summed E-state index contributed by atoms with van der Waals surface area (Å²) < 4.78 is 63.4. The fourth-order valence-corrected chi connectivity index (χ4v) is 3.09. The minimum absolute atomic E-state index is 0.0250. The first-order valence-corrected chi connectivity index (χ1v) is 9.53. The number of carbonyl (C=O) groups excluding carboxylic acids is 1. The van der Waals surface area contributed by atoms with Crippen LogP contribution in [-0.4, -0.2) is 27.8 Å². The summed E-state index contributed by atoms with van der Waals surface area (Å²) in [5.74, 6) is -0.284. The predicted octanol–water partition coefficient (Wildman–Crippen LogP) is 2.10. The van der Waals surface area contributed by atoms with Crippen LogP contribution in [0.3, 0.4) is 0 Å². The fourth-order valence-electron chi connectivity index (χ4n) is 2.10. The van der Waals surface area contributed by atoms with Crippen LogP contribution in [0.15, 0.2) is 46.3 Å². The smallest absolute Gasteiger partial charge is 0.295 e. The number of rotatable bonds is 7. The number of ether oxygens (including phenoxy) is 1. The number of aliphatic imine (C=N–C) groups is 1. The zero-order valence-electron chi connectivity index (χ0n) is 13.6. The molecule has 0 aliphatic carbocycles. The molecule has 0 spiro atoms.